The molecule has 5 heteroatoms. The van der Waals surface area contributed by atoms with Gasteiger partial charge in [-0.3, -0.25) is 14.0 Å². The van der Waals surface area contributed by atoms with Crippen LogP contribution in [0.5, 0.6) is 0 Å². The minimum atomic E-state index is 0.0375. The molecule has 1 N–H and O–H groups in total. The molecule has 0 amide bonds. The van der Waals surface area contributed by atoms with Gasteiger partial charge in [0.1, 0.15) is 0 Å². The monoisotopic (exact) mass is 385 g/mol. The zero-order chi connectivity index (χ0) is 19.8. The van der Waals surface area contributed by atoms with Gasteiger partial charge >= 0.3 is 5.69 Å². The molecule has 1 aromatic carbocycles. The summed E-state index contributed by atoms with van der Waals surface area (Å²) < 4.78 is 3.69. The van der Waals surface area contributed by atoms with Crippen molar-refractivity contribution in [3.8, 4) is 0 Å². The number of hydrogen-bond donors (Lipinski definition) is 1. The molecule has 0 bridgehead atoms. The lowest BCUT2D eigenvalue weighted by Gasteiger charge is -2.44. The molecule has 0 spiro atoms. The number of aliphatic hydroxyl groups excluding tert-OH is 1. The molecule has 2 atom stereocenters. The van der Waals surface area contributed by atoms with Crippen LogP contribution in [0.4, 0.5) is 0 Å². The van der Waals surface area contributed by atoms with E-state index in [-0.39, 0.29) is 24.3 Å². The normalized spacial score (nSPS) is 29.6. The Hall–Kier alpha value is -1.59. The van der Waals surface area contributed by atoms with Gasteiger partial charge in [-0.2, -0.15) is 0 Å². The number of benzene rings is 1. The standard InChI is InChI=1S/C23H35N3O2/c1-16(2)17-8-10-19(11-9-17)25-13-12-20(18(14-25)15-27)26-22-7-5-4-6-21(22)24(3)23(26)28/h4-7,16-20,27H,8-15H2,1-3H3/t17?,18-,19?,20+/m0/s1. The molecule has 2 fully saturated rings. The van der Waals surface area contributed by atoms with Crippen molar-refractivity contribution in [3.05, 3.63) is 34.7 Å². The molecule has 2 heterocycles. The van der Waals surface area contributed by atoms with Crippen molar-refractivity contribution in [1.82, 2.24) is 14.0 Å². The predicted molar refractivity (Wildman–Crippen MR) is 114 cm³/mol. The first-order valence-corrected chi connectivity index (χ1v) is 11.0. The zero-order valence-corrected chi connectivity index (χ0v) is 17.6. The maximum Gasteiger partial charge on any atom is 0.329 e. The van der Waals surface area contributed by atoms with Crippen LogP contribution < -0.4 is 5.69 Å². The van der Waals surface area contributed by atoms with E-state index in [0.29, 0.717) is 6.04 Å². The Bertz CT molecular complexity index is 860. The van der Waals surface area contributed by atoms with E-state index in [4.69, 9.17) is 0 Å². The molecule has 1 saturated carbocycles. The molecular weight excluding hydrogens is 350 g/mol. The number of imidazole rings is 1. The molecule has 0 radical (unpaired) electrons. The molecule has 4 rings (SSSR count). The van der Waals surface area contributed by atoms with Crippen molar-refractivity contribution < 1.29 is 5.11 Å². The van der Waals surface area contributed by atoms with Gasteiger partial charge in [-0.15, -0.1) is 0 Å². The highest BCUT2D eigenvalue weighted by Crippen LogP contribution is 2.36. The number of fused-ring (bicyclic) bond motifs is 1. The number of hydrogen-bond acceptors (Lipinski definition) is 3. The van der Waals surface area contributed by atoms with E-state index in [0.717, 1.165) is 42.4 Å². The highest BCUT2D eigenvalue weighted by molar-refractivity contribution is 5.76. The van der Waals surface area contributed by atoms with Crippen LogP contribution >= 0.6 is 0 Å². The van der Waals surface area contributed by atoms with Gasteiger partial charge in [0.25, 0.3) is 0 Å². The van der Waals surface area contributed by atoms with Crippen LogP contribution in [0.3, 0.4) is 0 Å². The lowest BCUT2D eigenvalue weighted by atomic mass is 9.78. The van der Waals surface area contributed by atoms with Gasteiger partial charge < -0.3 is 5.11 Å². The van der Waals surface area contributed by atoms with Crippen LogP contribution in [-0.4, -0.2) is 44.9 Å². The quantitative estimate of drug-likeness (QED) is 0.877. The van der Waals surface area contributed by atoms with E-state index in [9.17, 15) is 9.90 Å². The number of rotatable bonds is 4. The van der Waals surface area contributed by atoms with Gasteiger partial charge in [0.05, 0.1) is 11.0 Å². The minimum Gasteiger partial charge on any atom is -0.396 e. The molecule has 1 aliphatic carbocycles. The Labute approximate surface area is 168 Å². The molecule has 154 valence electrons. The van der Waals surface area contributed by atoms with E-state index < -0.39 is 0 Å². The topological polar surface area (TPSA) is 50.4 Å². The number of piperidine rings is 1. The summed E-state index contributed by atoms with van der Waals surface area (Å²) in [5.74, 6) is 1.77. The molecule has 2 aromatic rings. The van der Waals surface area contributed by atoms with Gasteiger partial charge in [-0.05, 0) is 56.1 Å². The van der Waals surface area contributed by atoms with E-state index in [1.54, 1.807) is 4.57 Å². The van der Waals surface area contributed by atoms with E-state index in [1.807, 2.05) is 35.9 Å². The van der Waals surface area contributed by atoms with Crippen molar-refractivity contribution in [3.63, 3.8) is 0 Å². The summed E-state index contributed by atoms with van der Waals surface area (Å²) in [5, 5.41) is 10.2. The van der Waals surface area contributed by atoms with E-state index >= 15 is 0 Å². The van der Waals surface area contributed by atoms with Crippen molar-refractivity contribution in [1.29, 1.82) is 0 Å². The van der Waals surface area contributed by atoms with Crippen LogP contribution in [0.25, 0.3) is 11.0 Å². The fourth-order valence-electron chi connectivity index (χ4n) is 5.67. The Balaban J connectivity index is 1.53. The predicted octanol–water partition coefficient (Wildman–Crippen LogP) is 3.41. The number of para-hydroxylation sites is 2. The highest BCUT2D eigenvalue weighted by atomic mass is 16.3. The maximum absolute atomic E-state index is 13.0. The number of likely N-dealkylation sites (tertiary alicyclic amines) is 1. The summed E-state index contributed by atoms with van der Waals surface area (Å²) in [7, 11) is 1.84. The Morgan fingerprint density at radius 2 is 1.75 bits per heavy atom. The van der Waals surface area contributed by atoms with E-state index in [2.05, 4.69) is 18.7 Å². The Morgan fingerprint density at radius 3 is 2.39 bits per heavy atom. The van der Waals surface area contributed by atoms with Crippen LogP contribution in [0, 0.1) is 17.8 Å². The minimum absolute atomic E-state index is 0.0375. The van der Waals surface area contributed by atoms with Crippen LogP contribution in [0.1, 0.15) is 52.0 Å². The largest absolute Gasteiger partial charge is 0.396 e. The smallest absolute Gasteiger partial charge is 0.329 e. The third-order valence-electron chi connectivity index (χ3n) is 7.49. The summed E-state index contributed by atoms with van der Waals surface area (Å²) >= 11 is 0. The number of aryl methyl sites for hydroxylation is 1. The molecule has 28 heavy (non-hydrogen) atoms. The van der Waals surface area contributed by atoms with Crippen molar-refractivity contribution in [2.45, 2.75) is 58.0 Å². The number of nitrogens with zero attached hydrogens (tertiary/aromatic N) is 3. The fraction of sp³-hybridized carbons (Fsp3) is 0.696. The molecule has 1 aliphatic heterocycles. The molecule has 0 unspecified atom stereocenters. The molecular formula is C23H35N3O2. The maximum atomic E-state index is 13.0. The second-order valence-corrected chi connectivity index (χ2v) is 9.31. The second kappa shape index (κ2) is 8.03. The second-order valence-electron chi connectivity index (χ2n) is 9.31. The van der Waals surface area contributed by atoms with Gasteiger partial charge in [-0.1, -0.05) is 26.0 Å². The van der Waals surface area contributed by atoms with Gasteiger partial charge in [0, 0.05) is 44.7 Å². The van der Waals surface area contributed by atoms with Gasteiger partial charge in [0.2, 0.25) is 0 Å². The third-order valence-corrected chi connectivity index (χ3v) is 7.49. The lowest BCUT2D eigenvalue weighted by Crippen LogP contribution is -2.49. The van der Waals surface area contributed by atoms with Gasteiger partial charge in [0.15, 0.2) is 0 Å². The fourth-order valence-corrected chi connectivity index (χ4v) is 5.67. The zero-order valence-electron chi connectivity index (χ0n) is 17.6. The summed E-state index contributed by atoms with van der Waals surface area (Å²) in [5.41, 5.74) is 2.00. The highest BCUT2D eigenvalue weighted by Gasteiger charge is 2.36. The third kappa shape index (κ3) is 3.43. The molecule has 1 aromatic heterocycles. The first-order chi connectivity index (χ1) is 13.5. The van der Waals surface area contributed by atoms with Crippen LogP contribution in [-0.2, 0) is 7.05 Å². The van der Waals surface area contributed by atoms with Crippen molar-refractivity contribution in [2.24, 2.45) is 24.8 Å². The number of aliphatic hydroxyl groups is 1. The lowest BCUT2D eigenvalue weighted by molar-refractivity contribution is 0.0322. The average Bonchev–Trinajstić information content (AvgIpc) is 2.98. The SMILES string of the molecule is CC(C)C1CCC(N2CC[C@@H](n3c(=O)n(C)c4ccccc43)[C@H](CO)C2)CC1. The molecule has 1 saturated heterocycles. The van der Waals surface area contributed by atoms with E-state index in [1.165, 1.54) is 25.7 Å². The molecule has 2 aliphatic rings. The van der Waals surface area contributed by atoms with Crippen LogP contribution in [0.15, 0.2) is 29.1 Å². The van der Waals surface area contributed by atoms with Crippen molar-refractivity contribution >= 4 is 11.0 Å². The first-order valence-electron chi connectivity index (χ1n) is 11.0. The summed E-state index contributed by atoms with van der Waals surface area (Å²) in [6, 6.07) is 8.73. The molecule has 5 nitrogen and oxygen atoms in total. The summed E-state index contributed by atoms with van der Waals surface area (Å²) in [6.45, 7) is 6.75. The summed E-state index contributed by atoms with van der Waals surface area (Å²) in [6.07, 6.45) is 6.15. The van der Waals surface area contributed by atoms with Crippen molar-refractivity contribution in [2.75, 3.05) is 19.7 Å². The van der Waals surface area contributed by atoms with Crippen LogP contribution in [0.2, 0.25) is 0 Å². The Kier molecular flexibility index (Phi) is 5.66. The number of aromatic nitrogens is 2. The first kappa shape index (κ1) is 19.7. The Morgan fingerprint density at radius 1 is 1.07 bits per heavy atom. The summed E-state index contributed by atoms with van der Waals surface area (Å²) in [4.78, 5) is 15.6. The average molecular weight is 386 g/mol. The van der Waals surface area contributed by atoms with Gasteiger partial charge in [-0.25, -0.2) is 4.79 Å².